The molecule has 0 fully saturated rings. The second-order valence-electron chi connectivity index (χ2n) is 8.97. The van der Waals surface area contributed by atoms with Gasteiger partial charge in [0.15, 0.2) is 0 Å². The lowest BCUT2D eigenvalue weighted by molar-refractivity contribution is -0.138. The minimum absolute atomic E-state index is 0.0316. The summed E-state index contributed by atoms with van der Waals surface area (Å²) in [6, 6.07) is 0. The van der Waals surface area contributed by atoms with Gasteiger partial charge in [0, 0.05) is 19.4 Å². The van der Waals surface area contributed by atoms with Gasteiger partial charge in [0.2, 0.25) is 5.96 Å². The molecule has 0 atom stereocenters. The van der Waals surface area contributed by atoms with E-state index in [4.69, 9.17) is 25.4 Å². The maximum absolute atomic E-state index is 11.8. The number of carboxylic acids is 2. The number of hydrogen-bond acceptors (Lipinski definition) is 8. The molecule has 0 aromatic heterocycles. The summed E-state index contributed by atoms with van der Waals surface area (Å²) in [5, 5.41) is 21.4. The molecule has 0 aromatic carbocycles. The van der Waals surface area contributed by atoms with Gasteiger partial charge < -0.3 is 25.4 Å². The first-order valence-electron chi connectivity index (χ1n) is 10.7. The molecule has 0 aliphatic carbocycles. The Morgan fingerprint density at radius 2 is 1.15 bits per heavy atom. The standard InChI is InChI=1S/C16H29N3O6.C5H11NO2/c1-15(2,3)24-13(22)18-12(17-10-8-7-9-11(20)21)19-14(23)25-16(4,5)6;6-4-2-1-3-5(7)8/h7-10H2,1-6H3,(H,20,21)(H2,17,18,19,22,23);1-4,6H2,(H,7,8). The van der Waals surface area contributed by atoms with Crippen molar-refractivity contribution in [3.63, 3.8) is 0 Å². The third-order valence-electron chi connectivity index (χ3n) is 3.15. The molecule has 6 N–H and O–H groups in total. The van der Waals surface area contributed by atoms with Gasteiger partial charge in [-0.2, -0.15) is 0 Å². The van der Waals surface area contributed by atoms with E-state index < -0.39 is 35.3 Å². The highest BCUT2D eigenvalue weighted by Crippen LogP contribution is 2.07. The number of aliphatic carboxylic acids is 2. The lowest BCUT2D eigenvalue weighted by atomic mass is 10.2. The number of nitrogens with one attached hydrogen (secondary N) is 2. The Kier molecular flexibility index (Phi) is 16.3. The molecule has 0 heterocycles. The zero-order valence-corrected chi connectivity index (χ0v) is 20.5. The summed E-state index contributed by atoms with van der Waals surface area (Å²) in [4.78, 5) is 48.0. The lowest BCUT2D eigenvalue weighted by Gasteiger charge is -2.22. The van der Waals surface area contributed by atoms with Crippen LogP contribution in [0.1, 0.15) is 80.1 Å². The molecule has 0 saturated carbocycles. The Bertz CT molecular complexity index is 620. The second-order valence-corrected chi connectivity index (χ2v) is 8.97. The van der Waals surface area contributed by atoms with Crippen molar-refractivity contribution in [1.82, 2.24) is 10.6 Å². The fourth-order valence-electron chi connectivity index (χ4n) is 1.91. The molecule has 0 spiro atoms. The molecule has 0 rings (SSSR count). The summed E-state index contributed by atoms with van der Waals surface area (Å²) in [5.74, 6) is -1.74. The molecule has 0 aliphatic heterocycles. The summed E-state index contributed by atoms with van der Waals surface area (Å²) in [7, 11) is 0. The molecular weight excluding hydrogens is 436 g/mol. The van der Waals surface area contributed by atoms with Crippen molar-refractivity contribution in [3.8, 4) is 0 Å². The van der Waals surface area contributed by atoms with Gasteiger partial charge in [-0.1, -0.05) is 0 Å². The lowest BCUT2D eigenvalue weighted by Crippen LogP contribution is -2.47. The molecule has 33 heavy (non-hydrogen) atoms. The quantitative estimate of drug-likeness (QED) is 0.189. The van der Waals surface area contributed by atoms with Gasteiger partial charge in [0.1, 0.15) is 11.2 Å². The number of rotatable bonds is 9. The van der Waals surface area contributed by atoms with E-state index in [1.165, 1.54) is 0 Å². The number of ether oxygens (including phenoxy) is 2. The van der Waals surface area contributed by atoms with Crippen molar-refractivity contribution < 1.29 is 38.9 Å². The molecule has 0 unspecified atom stereocenters. The highest BCUT2D eigenvalue weighted by atomic mass is 16.6. The zero-order valence-electron chi connectivity index (χ0n) is 20.5. The summed E-state index contributed by atoms with van der Waals surface area (Å²) in [5.41, 5.74) is 3.71. The summed E-state index contributed by atoms with van der Waals surface area (Å²) < 4.78 is 10.2. The first-order chi connectivity index (χ1) is 15.1. The Balaban J connectivity index is 0. The minimum atomic E-state index is -0.886. The number of alkyl carbamates (subject to hydrolysis) is 2. The van der Waals surface area contributed by atoms with Crippen LogP contribution < -0.4 is 16.4 Å². The van der Waals surface area contributed by atoms with Gasteiger partial charge in [0.05, 0.1) is 0 Å². The molecule has 2 amide bonds. The second kappa shape index (κ2) is 16.7. The normalized spacial score (nSPS) is 10.8. The average Bonchev–Trinajstić information content (AvgIpc) is 2.58. The molecule has 0 bridgehead atoms. The van der Waals surface area contributed by atoms with Crippen LogP contribution in [-0.2, 0) is 19.1 Å². The molecule has 12 heteroatoms. The molecule has 0 aliphatic rings. The van der Waals surface area contributed by atoms with Crippen LogP contribution >= 0.6 is 0 Å². The van der Waals surface area contributed by atoms with E-state index in [2.05, 4.69) is 15.6 Å². The Labute approximate surface area is 195 Å². The number of nitrogens with two attached hydrogens (primary N) is 1. The fraction of sp³-hybridized carbons (Fsp3) is 0.762. The van der Waals surface area contributed by atoms with Crippen LogP contribution in [-0.4, -0.2) is 64.6 Å². The number of aliphatic imine (C=N–C) groups is 1. The van der Waals surface area contributed by atoms with Crippen molar-refractivity contribution in [3.05, 3.63) is 0 Å². The monoisotopic (exact) mass is 476 g/mol. The fourth-order valence-corrected chi connectivity index (χ4v) is 1.91. The topological polar surface area (TPSA) is 190 Å². The summed E-state index contributed by atoms with van der Waals surface area (Å²) in [6.07, 6.45) is 1.17. The van der Waals surface area contributed by atoms with E-state index in [9.17, 15) is 19.2 Å². The molecule has 0 radical (unpaired) electrons. The van der Waals surface area contributed by atoms with Crippen LogP contribution in [0.3, 0.4) is 0 Å². The molecular formula is C21H40N4O8. The predicted molar refractivity (Wildman–Crippen MR) is 123 cm³/mol. The van der Waals surface area contributed by atoms with Crippen LogP contribution in [0.4, 0.5) is 9.59 Å². The Morgan fingerprint density at radius 1 is 0.758 bits per heavy atom. The van der Waals surface area contributed by atoms with E-state index in [0.29, 0.717) is 25.8 Å². The van der Waals surface area contributed by atoms with Gasteiger partial charge in [-0.15, -0.1) is 0 Å². The van der Waals surface area contributed by atoms with Crippen LogP contribution in [0.25, 0.3) is 0 Å². The molecule has 0 aromatic rings. The van der Waals surface area contributed by atoms with Crippen molar-refractivity contribution in [2.45, 2.75) is 91.3 Å². The van der Waals surface area contributed by atoms with E-state index in [1.54, 1.807) is 41.5 Å². The highest BCUT2D eigenvalue weighted by molar-refractivity contribution is 6.01. The average molecular weight is 477 g/mol. The number of carbonyl (C=O) groups excluding carboxylic acids is 2. The minimum Gasteiger partial charge on any atom is -0.481 e. The number of unbranched alkanes of at least 4 members (excludes halogenated alkanes) is 2. The van der Waals surface area contributed by atoms with E-state index >= 15 is 0 Å². The zero-order chi connectivity index (χ0) is 26.1. The van der Waals surface area contributed by atoms with Gasteiger partial charge in [-0.25, -0.2) is 9.59 Å². The highest BCUT2D eigenvalue weighted by Gasteiger charge is 2.21. The molecule has 0 saturated heterocycles. The number of carboxylic acid groups (broad SMARTS) is 2. The van der Waals surface area contributed by atoms with E-state index in [-0.39, 0.29) is 25.3 Å². The van der Waals surface area contributed by atoms with E-state index in [0.717, 1.165) is 6.42 Å². The van der Waals surface area contributed by atoms with Crippen LogP contribution in [0.2, 0.25) is 0 Å². The van der Waals surface area contributed by atoms with E-state index in [1.807, 2.05) is 0 Å². The van der Waals surface area contributed by atoms with Gasteiger partial charge in [-0.05, 0) is 73.8 Å². The maximum Gasteiger partial charge on any atom is 0.414 e. The smallest absolute Gasteiger partial charge is 0.414 e. The number of hydrogen-bond donors (Lipinski definition) is 5. The Hall–Kier alpha value is -2.89. The number of guanidine groups is 1. The summed E-state index contributed by atoms with van der Waals surface area (Å²) >= 11 is 0. The number of nitrogens with zero attached hydrogens (tertiary/aromatic N) is 1. The van der Waals surface area contributed by atoms with Gasteiger partial charge in [-0.3, -0.25) is 25.2 Å². The van der Waals surface area contributed by atoms with Crippen molar-refractivity contribution in [2.24, 2.45) is 10.7 Å². The van der Waals surface area contributed by atoms with Crippen molar-refractivity contribution in [1.29, 1.82) is 0 Å². The predicted octanol–water partition coefficient (Wildman–Crippen LogP) is 2.85. The van der Waals surface area contributed by atoms with Crippen LogP contribution in [0.15, 0.2) is 4.99 Å². The third-order valence-corrected chi connectivity index (χ3v) is 3.15. The maximum atomic E-state index is 11.8. The first-order valence-corrected chi connectivity index (χ1v) is 10.7. The largest absolute Gasteiger partial charge is 0.481 e. The van der Waals surface area contributed by atoms with Gasteiger partial charge in [0.25, 0.3) is 0 Å². The Morgan fingerprint density at radius 3 is 1.48 bits per heavy atom. The number of amides is 2. The van der Waals surface area contributed by atoms with Gasteiger partial charge >= 0.3 is 24.1 Å². The third kappa shape index (κ3) is 27.1. The molecule has 12 nitrogen and oxygen atoms in total. The molecule has 192 valence electrons. The van der Waals surface area contributed by atoms with Crippen molar-refractivity contribution in [2.75, 3.05) is 13.1 Å². The first kappa shape index (κ1) is 32.3. The summed E-state index contributed by atoms with van der Waals surface area (Å²) in [6.45, 7) is 11.1. The number of carbonyl (C=O) groups is 4. The SMILES string of the molecule is CC(C)(C)OC(=O)NC(=NCCCCC(=O)O)NC(=O)OC(C)(C)C.NCCCCC(=O)O. The van der Waals surface area contributed by atoms with Crippen LogP contribution in [0, 0.1) is 0 Å². The van der Waals surface area contributed by atoms with Crippen LogP contribution in [0.5, 0.6) is 0 Å². The van der Waals surface area contributed by atoms with Crippen molar-refractivity contribution >= 4 is 30.1 Å².